The van der Waals surface area contributed by atoms with E-state index in [1.54, 1.807) is 0 Å². The average molecular weight is 476 g/mol. The molecule has 2 unspecified atom stereocenters. The summed E-state index contributed by atoms with van der Waals surface area (Å²) >= 11 is 7.63. The summed E-state index contributed by atoms with van der Waals surface area (Å²) in [4.78, 5) is 16.8. The molecule has 30 heavy (non-hydrogen) atoms. The number of nitrogens with one attached hydrogen (secondary N) is 3. The lowest BCUT2D eigenvalue weighted by Crippen LogP contribution is -2.71. The summed E-state index contributed by atoms with van der Waals surface area (Å²) in [5.74, 6) is -1.36. The number of hydrogen-bond acceptors (Lipinski definition) is 7. The van der Waals surface area contributed by atoms with Crippen LogP contribution in [-0.2, 0) is 19.6 Å². The third-order valence-corrected chi connectivity index (χ3v) is 9.22. The standard InChI is InChI=1S/C17H19ClFN5O4S2/c1-24-16(20)23-17(6-3-7-28-15(17)30(24,26)27)13-9(18)8-10(29-13)14(25)22-12-5-2-4-11(19)21-12/h2,4-5,10,15H,3,6-8H2,1H3,(H2,20,23)(H,21,22,25)/t10?,15?,17-/m1/s1. The van der Waals surface area contributed by atoms with Gasteiger partial charge in [-0.3, -0.25) is 10.2 Å². The van der Waals surface area contributed by atoms with Gasteiger partial charge in [-0.05, 0) is 25.0 Å². The van der Waals surface area contributed by atoms with Crippen molar-refractivity contribution in [2.45, 2.75) is 35.5 Å². The molecule has 0 radical (unpaired) electrons. The molecule has 4 heterocycles. The molecule has 0 aromatic carbocycles. The van der Waals surface area contributed by atoms with E-state index in [4.69, 9.17) is 21.7 Å². The van der Waals surface area contributed by atoms with E-state index in [2.05, 4.69) is 15.6 Å². The zero-order valence-corrected chi connectivity index (χ0v) is 18.2. The van der Waals surface area contributed by atoms with Crippen LogP contribution in [0, 0.1) is 11.4 Å². The maximum Gasteiger partial charge on any atom is 0.267 e. The molecule has 162 valence electrons. The Bertz CT molecular complexity index is 1050. The summed E-state index contributed by atoms with van der Waals surface area (Å²) in [6.45, 7) is 0.263. The summed E-state index contributed by atoms with van der Waals surface area (Å²) in [6.07, 6.45) is 1.11. The van der Waals surface area contributed by atoms with Crippen LogP contribution in [0.4, 0.5) is 10.2 Å². The number of nitrogens with zero attached hydrogens (tertiary/aromatic N) is 2. The van der Waals surface area contributed by atoms with Crippen molar-refractivity contribution < 1.29 is 22.3 Å². The number of allylic oxidation sites excluding steroid dienone is 1. The Balaban J connectivity index is 1.61. The molecular formula is C17H19ClFN5O4S2. The van der Waals surface area contributed by atoms with Crippen LogP contribution in [0.25, 0.3) is 0 Å². The highest BCUT2D eigenvalue weighted by Crippen LogP contribution is 2.51. The number of carbonyl (C=O) groups excluding carboxylic acids is 1. The van der Waals surface area contributed by atoms with Crippen LogP contribution in [-0.4, -0.2) is 59.5 Å². The first kappa shape index (κ1) is 21.3. The molecule has 4 rings (SSSR count). The first-order valence-corrected chi connectivity index (χ1v) is 11.9. The van der Waals surface area contributed by atoms with E-state index in [0.29, 0.717) is 22.8 Å². The molecule has 3 N–H and O–H groups in total. The Morgan fingerprint density at radius 3 is 3.03 bits per heavy atom. The Kier molecular flexibility index (Phi) is 5.45. The molecule has 1 aromatic heterocycles. The zero-order valence-electron chi connectivity index (χ0n) is 15.8. The van der Waals surface area contributed by atoms with Crippen molar-refractivity contribution in [1.29, 1.82) is 5.41 Å². The zero-order chi connectivity index (χ0) is 21.7. The normalized spacial score (nSPS) is 30.6. The Hall–Kier alpha value is -1.89. The quantitative estimate of drug-likeness (QED) is 0.569. The van der Waals surface area contributed by atoms with Crippen LogP contribution in [0.2, 0.25) is 0 Å². The van der Waals surface area contributed by atoms with Gasteiger partial charge in [0.2, 0.25) is 23.3 Å². The van der Waals surface area contributed by atoms with Gasteiger partial charge in [-0.25, -0.2) is 17.7 Å². The summed E-state index contributed by atoms with van der Waals surface area (Å²) < 4.78 is 45.6. The second-order valence-electron chi connectivity index (χ2n) is 7.14. The summed E-state index contributed by atoms with van der Waals surface area (Å²) in [6, 6.07) is 4.06. The van der Waals surface area contributed by atoms with Crippen LogP contribution < -0.4 is 10.6 Å². The number of anilines is 1. The minimum Gasteiger partial charge on any atom is -0.358 e. The van der Waals surface area contributed by atoms with Gasteiger partial charge >= 0.3 is 0 Å². The molecule has 2 fully saturated rings. The van der Waals surface area contributed by atoms with Crippen LogP contribution in [0.5, 0.6) is 0 Å². The van der Waals surface area contributed by atoms with Crippen LogP contribution >= 0.6 is 23.4 Å². The fourth-order valence-electron chi connectivity index (χ4n) is 3.78. The molecule has 13 heteroatoms. The second-order valence-corrected chi connectivity index (χ2v) is 10.8. The number of guanidine groups is 1. The molecule has 9 nitrogen and oxygen atoms in total. The number of amides is 1. The number of aromatic nitrogens is 1. The van der Waals surface area contributed by atoms with Gasteiger partial charge in [0.05, 0.1) is 5.25 Å². The number of ether oxygens (including phenoxy) is 1. The molecule has 0 spiro atoms. The van der Waals surface area contributed by atoms with Crippen molar-refractivity contribution in [3.8, 4) is 0 Å². The predicted octanol–water partition coefficient (Wildman–Crippen LogP) is 1.79. The summed E-state index contributed by atoms with van der Waals surface area (Å²) in [5.41, 5.74) is -2.50. The number of halogens is 2. The van der Waals surface area contributed by atoms with E-state index in [9.17, 15) is 17.6 Å². The van der Waals surface area contributed by atoms with Gasteiger partial charge in [0, 0.05) is 30.0 Å². The van der Waals surface area contributed by atoms with Gasteiger partial charge < -0.3 is 15.4 Å². The lowest BCUT2D eigenvalue weighted by Gasteiger charge is -2.50. The van der Waals surface area contributed by atoms with E-state index in [1.807, 2.05) is 0 Å². The lowest BCUT2D eigenvalue weighted by atomic mass is 9.90. The number of sulfonamides is 1. The van der Waals surface area contributed by atoms with E-state index >= 15 is 0 Å². The molecule has 1 aromatic rings. The molecule has 0 bridgehead atoms. The maximum absolute atomic E-state index is 13.3. The second kappa shape index (κ2) is 7.66. The van der Waals surface area contributed by atoms with Crippen molar-refractivity contribution in [3.63, 3.8) is 0 Å². The molecule has 3 aliphatic rings. The predicted molar refractivity (Wildman–Crippen MR) is 111 cm³/mol. The number of pyridine rings is 1. The number of thioether (sulfide) groups is 1. The molecular weight excluding hydrogens is 457 g/mol. The first-order chi connectivity index (χ1) is 14.1. The smallest absolute Gasteiger partial charge is 0.267 e. The number of fused-ring (bicyclic) bond motifs is 1. The summed E-state index contributed by atoms with van der Waals surface area (Å²) in [7, 11) is -2.67. The van der Waals surface area contributed by atoms with Crippen LogP contribution in [0.1, 0.15) is 19.3 Å². The minimum absolute atomic E-state index is 0.0731. The maximum atomic E-state index is 13.3. The molecule has 1 amide bonds. The third-order valence-electron chi connectivity index (χ3n) is 5.23. The van der Waals surface area contributed by atoms with Crippen molar-refractivity contribution in [2.75, 3.05) is 19.0 Å². The summed E-state index contributed by atoms with van der Waals surface area (Å²) in [5, 5.41) is 13.3. The molecule has 0 saturated carbocycles. The van der Waals surface area contributed by atoms with Crippen molar-refractivity contribution in [2.24, 2.45) is 0 Å². The molecule has 3 atom stereocenters. The fraction of sp³-hybridized carbons (Fsp3) is 0.471. The Labute approximate surface area is 181 Å². The van der Waals surface area contributed by atoms with Crippen molar-refractivity contribution in [3.05, 3.63) is 34.1 Å². The van der Waals surface area contributed by atoms with Crippen LogP contribution in [0.15, 0.2) is 28.1 Å². The number of rotatable bonds is 3. The Morgan fingerprint density at radius 1 is 1.53 bits per heavy atom. The highest BCUT2D eigenvalue weighted by atomic mass is 35.5. The van der Waals surface area contributed by atoms with Gasteiger partial charge in [0.1, 0.15) is 11.4 Å². The highest BCUT2D eigenvalue weighted by Gasteiger charge is 2.59. The van der Waals surface area contributed by atoms with Gasteiger partial charge in [-0.1, -0.05) is 17.7 Å². The van der Waals surface area contributed by atoms with E-state index in [1.165, 1.54) is 25.2 Å². The molecule has 2 saturated heterocycles. The topological polar surface area (TPSA) is 124 Å². The van der Waals surface area contributed by atoms with Gasteiger partial charge in [0.25, 0.3) is 10.0 Å². The van der Waals surface area contributed by atoms with E-state index in [-0.39, 0.29) is 24.8 Å². The van der Waals surface area contributed by atoms with E-state index in [0.717, 1.165) is 16.1 Å². The van der Waals surface area contributed by atoms with E-state index < -0.39 is 38.1 Å². The molecule has 0 aliphatic carbocycles. The SMILES string of the molecule is CN1C(=N)N[C@@]2(C3=C(Cl)CC(C(=O)Nc4cccc(F)n4)S3)CCCOC2S1(=O)=O. The third kappa shape index (κ3) is 3.45. The van der Waals surface area contributed by atoms with Gasteiger partial charge in [0.15, 0.2) is 0 Å². The lowest BCUT2D eigenvalue weighted by molar-refractivity contribution is -0.115. The van der Waals surface area contributed by atoms with Gasteiger partial charge in [-0.15, -0.1) is 11.8 Å². The van der Waals surface area contributed by atoms with Crippen molar-refractivity contribution >= 4 is 51.1 Å². The number of hydrogen-bond donors (Lipinski definition) is 3. The largest absolute Gasteiger partial charge is 0.358 e. The minimum atomic E-state index is -3.96. The number of carbonyl (C=O) groups is 1. The fourth-order valence-corrected chi connectivity index (χ4v) is 7.45. The van der Waals surface area contributed by atoms with Crippen LogP contribution in [0.3, 0.4) is 0 Å². The highest BCUT2D eigenvalue weighted by molar-refractivity contribution is 8.04. The van der Waals surface area contributed by atoms with Crippen molar-refractivity contribution in [1.82, 2.24) is 14.6 Å². The Morgan fingerprint density at radius 2 is 2.30 bits per heavy atom. The molecule has 3 aliphatic heterocycles. The average Bonchev–Trinajstić information content (AvgIpc) is 3.09. The van der Waals surface area contributed by atoms with Gasteiger partial charge in [-0.2, -0.15) is 4.39 Å². The monoisotopic (exact) mass is 475 g/mol. The first-order valence-electron chi connectivity index (χ1n) is 9.10.